The van der Waals surface area contributed by atoms with Gasteiger partial charge < -0.3 is 10.1 Å². The van der Waals surface area contributed by atoms with Crippen LogP contribution in [-0.2, 0) is 22.1 Å². The van der Waals surface area contributed by atoms with Gasteiger partial charge in [-0.3, -0.25) is 4.79 Å². The minimum Gasteiger partial charge on any atom is -0.451 e. The zero-order valence-electron chi connectivity index (χ0n) is 13.3. The van der Waals surface area contributed by atoms with Crippen LogP contribution < -0.4 is 5.32 Å². The molecule has 1 fully saturated rings. The maximum Gasteiger partial charge on any atom is 0.490 e. The first-order chi connectivity index (χ1) is 12.0. The molecule has 2 rings (SSSR count). The van der Waals surface area contributed by atoms with Gasteiger partial charge in [-0.25, -0.2) is 4.79 Å². The number of alkyl halides is 6. The van der Waals surface area contributed by atoms with Crippen LogP contribution in [0.3, 0.4) is 0 Å². The molecule has 1 saturated heterocycles. The van der Waals surface area contributed by atoms with Crippen molar-refractivity contribution < 1.29 is 40.7 Å². The minimum absolute atomic E-state index is 0.276. The molecule has 0 bridgehead atoms. The molecular weight excluding hydrogens is 368 g/mol. The Kier molecular flexibility index (Phi) is 5.94. The minimum atomic E-state index is -5.28. The van der Waals surface area contributed by atoms with E-state index in [2.05, 4.69) is 10.1 Å². The van der Waals surface area contributed by atoms with Crippen molar-refractivity contribution in [1.82, 2.24) is 5.32 Å². The number of hydrogen-bond acceptors (Lipinski definition) is 4. The third-order valence-corrected chi connectivity index (χ3v) is 3.99. The fourth-order valence-electron chi connectivity index (χ4n) is 2.43. The molecule has 1 N–H and O–H groups in total. The molecule has 0 spiro atoms. The Morgan fingerprint density at radius 1 is 1.12 bits per heavy atom. The number of aryl methyl sites for hydroxylation is 1. The first-order valence-electron chi connectivity index (χ1n) is 7.66. The van der Waals surface area contributed by atoms with Crippen LogP contribution in [0.15, 0.2) is 18.2 Å². The monoisotopic (exact) mass is 383 g/mol. The largest absolute Gasteiger partial charge is 0.490 e. The molecule has 0 saturated carbocycles. The van der Waals surface area contributed by atoms with Gasteiger partial charge in [0.1, 0.15) is 0 Å². The van der Waals surface area contributed by atoms with Gasteiger partial charge >= 0.3 is 18.3 Å². The van der Waals surface area contributed by atoms with Gasteiger partial charge in [0.15, 0.2) is 6.61 Å². The smallest absolute Gasteiger partial charge is 0.451 e. The van der Waals surface area contributed by atoms with Crippen molar-refractivity contribution in [3.8, 4) is 0 Å². The second-order valence-corrected chi connectivity index (χ2v) is 5.93. The second-order valence-electron chi connectivity index (χ2n) is 5.93. The number of carbonyl (C=O) groups excluding carboxylic acids is 2. The molecule has 0 aliphatic carbocycles. The van der Waals surface area contributed by atoms with E-state index in [0.29, 0.717) is 24.8 Å². The number of rotatable bonds is 6. The van der Waals surface area contributed by atoms with E-state index in [1.165, 1.54) is 0 Å². The van der Waals surface area contributed by atoms with E-state index in [-0.39, 0.29) is 11.1 Å². The molecule has 26 heavy (non-hydrogen) atoms. The van der Waals surface area contributed by atoms with E-state index < -0.39 is 36.3 Å². The number of ketones is 1. The van der Waals surface area contributed by atoms with Gasteiger partial charge in [-0.05, 0) is 49.5 Å². The molecule has 10 heteroatoms. The molecule has 0 unspecified atom stereocenters. The van der Waals surface area contributed by atoms with Gasteiger partial charge in [-0.15, -0.1) is 0 Å². The average molecular weight is 383 g/mol. The topological polar surface area (TPSA) is 55.4 Å². The molecule has 0 amide bonds. The lowest BCUT2D eigenvalue weighted by Gasteiger charge is -2.27. The number of carbonyl (C=O) groups is 2. The van der Waals surface area contributed by atoms with Crippen molar-refractivity contribution in [2.24, 2.45) is 5.92 Å². The van der Waals surface area contributed by atoms with Crippen molar-refractivity contribution in [3.05, 3.63) is 34.9 Å². The average Bonchev–Trinajstić information content (AvgIpc) is 2.48. The van der Waals surface area contributed by atoms with Gasteiger partial charge in [-0.1, -0.05) is 6.07 Å². The Morgan fingerprint density at radius 2 is 1.77 bits per heavy atom. The lowest BCUT2D eigenvalue weighted by atomic mass is 9.91. The van der Waals surface area contributed by atoms with Gasteiger partial charge in [0, 0.05) is 5.56 Å². The first-order valence-corrected chi connectivity index (χ1v) is 7.66. The summed E-state index contributed by atoms with van der Waals surface area (Å²) in [5.41, 5.74) is -1.21. The maximum atomic E-state index is 12.9. The molecule has 0 atom stereocenters. The lowest BCUT2D eigenvalue weighted by molar-refractivity contribution is -0.198. The number of nitrogens with one attached hydrogen (secondary N) is 1. The van der Waals surface area contributed by atoms with Crippen LogP contribution >= 0.6 is 0 Å². The second kappa shape index (κ2) is 7.65. The first kappa shape index (κ1) is 20.2. The van der Waals surface area contributed by atoms with E-state index >= 15 is 0 Å². The zero-order valence-corrected chi connectivity index (χ0v) is 13.3. The number of halogens is 6. The Balaban J connectivity index is 2.17. The maximum absolute atomic E-state index is 12.9. The summed E-state index contributed by atoms with van der Waals surface area (Å²) < 4.78 is 78.8. The number of hydrogen-bond donors (Lipinski definition) is 1. The summed E-state index contributed by atoms with van der Waals surface area (Å²) in [6.45, 7) is 0.234. The Labute approximate surface area is 144 Å². The highest BCUT2D eigenvalue weighted by atomic mass is 19.4. The van der Waals surface area contributed by atoms with E-state index in [1.54, 1.807) is 0 Å². The van der Waals surface area contributed by atoms with E-state index in [9.17, 15) is 35.9 Å². The molecule has 1 aliphatic rings. The summed E-state index contributed by atoms with van der Waals surface area (Å²) in [5, 5.41) is 3.03. The normalized spacial score (nSPS) is 15.5. The highest BCUT2D eigenvalue weighted by Gasteiger charge is 2.41. The predicted octanol–water partition coefficient (Wildman–Crippen LogP) is 3.15. The van der Waals surface area contributed by atoms with Crippen LogP contribution in [0.2, 0.25) is 0 Å². The quantitative estimate of drug-likeness (QED) is 0.466. The Morgan fingerprint density at radius 3 is 2.27 bits per heavy atom. The Bertz CT molecular complexity index is 680. The predicted molar refractivity (Wildman–Crippen MR) is 77.5 cm³/mol. The Hall–Kier alpha value is -2.10. The molecule has 1 aromatic rings. The van der Waals surface area contributed by atoms with Crippen LogP contribution in [0, 0.1) is 5.92 Å². The van der Waals surface area contributed by atoms with Crippen LogP contribution in [0.25, 0.3) is 0 Å². The van der Waals surface area contributed by atoms with E-state index in [4.69, 9.17) is 0 Å². The molecule has 0 aromatic heterocycles. The molecule has 1 aliphatic heterocycles. The van der Waals surface area contributed by atoms with Crippen molar-refractivity contribution in [2.75, 3.05) is 19.7 Å². The fraction of sp³-hybridized carbons (Fsp3) is 0.500. The third kappa shape index (κ3) is 5.20. The van der Waals surface area contributed by atoms with Crippen LogP contribution in [0.5, 0.6) is 0 Å². The number of benzene rings is 1. The van der Waals surface area contributed by atoms with Gasteiger partial charge in [0.2, 0.25) is 5.78 Å². The standard InChI is InChI=1S/C16H15F6NO3/c17-15(18,19)11-4-3-10(2-1-9-6-23-7-9)12(5-11)13(24)8-26-14(25)16(20,21)22/h3-5,9,23H,1-2,6-8H2. The number of esters is 1. The van der Waals surface area contributed by atoms with Gasteiger partial charge in [0.05, 0.1) is 5.56 Å². The summed E-state index contributed by atoms with van der Waals surface area (Å²) in [4.78, 5) is 22.8. The molecule has 144 valence electrons. The molecule has 1 heterocycles. The van der Waals surface area contributed by atoms with Crippen molar-refractivity contribution in [1.29, 1.82) is 0 Å². The SMILES string of the molecule is O=C(COC(=O)C(F)(F)F)c1cc(C(F)(F)F)ccc1CCC1CNC1. The summed E-state index contributed by atoms with van der Waals surface area (Å²) in [6, 6.07) is 2.53. The van der Waals surface area contributed by atoms with E-state index in [0.717, 1.165) is 25.2 Å². The number of ether oxygens (including phenoxy) is 1. The number of Topliss-reactive ketones (excluding diaryl/α,β-unsaturated/α-hetero) is 1. The van der Waals surface area contributed by atoms with Crippen LogP contribution in [-0.4, -0.2) is 37.6 Å². The molecular formula is C16H15F6NO3. The summed E-state index contributed by atoms with van der Waals surface area (Å²) in [5.74, 6) is -3.36. The van der Waals surface area contributed by atoms with Gasteiger partial charge in [0.25, 0.3) is 0 Å². The van der Waals surface area contributed by atoms with Crippen LogP contribution in [0.4, 0.5) is 26.3 Å². The highest BCUT2D eigenvalue weighted by molar-refractivity contribution is 5.99. The fourth-order valence-corrected chi connectivity index (χ4v) is 2.43. The summed E-state index contributed by atoms with van der Waals surface area (Å²) >= 11 is 0. The van der Waals surface area contributed by atoms with Gasteiger partial charge in [-0.2, -0.15) is 26.3 Å². The van der Waals surface area contributed by atoms with Crippen molar-refractivity contribution >= 4 is 11.8 Å². The van der Waals surface area contributed by atoms with Crippen molar-refractivity contribution in [2.45, 2.75) is 25.2 Å². The molecule has 0 radical (unpaired) electrons. The molecule has 1 aromatic carbocycles. The lowest BCUT2D eigenvalue weighted by Crippen LogP contribution is -2.42. The zero-order chi connectivity index (χ0) is 19.5. The third-order valence-electron chi connectivity index (χ3n) is 3.99. The van der Waals surface area contributed by atoms with Crippen molar-refractivity contribution in [3.63, 3.8) is 0 Å². The highest BCUT2D eigenvalue weighted by Crippen LogP contribution is 2.31. The molecule has 4 nitrogen and oxygen atoms in total. The summed E-state index contributed by atoms with van der Waals surface area (Å²) in [7, 11) is 0. The van der Waals surface area contributed by atoms with E-state index in [1.807, 2.05) is 0 Å². The van der Waals surface area contributed by atoms with Crippen LogP contribution in [0.1, 0.15) is 27.9 Å². The summed E-state index contributed by atoms with van der Waals surface area (Å²) in [6.07, 6.45) is -9.10.